The molecule has 1 N–H and O–H groups in total. The summed E-state index contributed by atoms with van der Waals surface area (Å²) in [7, 11) is 0. The molecule has 2 atom stereocenters. The normalized spacial score (nSPS) is 30.5. The third-order valence-electron chi connectivity index (χ3n) is 2.11. The minimum atomic E-state index is -0.804. The van der Waals surface area contributed by atoms with Crippen LogP contribution in [-0.2, 0) is 9.59 Å². The molecular weight excluding hydrogens is 146 g/mol. The van der Waals surface area contributed by atoms with Crippen LogP contribution in [0.5, 0.6) is 0 Å². The number of amides is 1. The number of nitrogens with zero attached hydrogens (tertiary/aromatic N) is 1. The van der Waals surface area contributed by atoms with Crippen LogP contribution in [0.4, 0.5) is 0 Å². The monoisotopic (exact) mass is 157 g/mol. The Labute approximate surface area is 64.8 Å². The molecule has 0 aromatic carbocycles. The van der Waals surface area contributed by atoms with Gasteiger partial charge in [0.25, 0.3) is 0 Å². The minimum absolute atomic E-state index is 0.0812. The molecule has 1 fully saturated rings. The fourth-order valence-electron chi connectivity index (χ4n) is 1.41. The number of carbonyl (C=O) groups excluding carboxylic acids is 1. The van der Waals surface area contributed by atoms with E-state index in [4.69, 9.17) is 5.11 Å². The zero-order valence-electron chi connectivity index (χ0n) is 6.36. The van der Waals surface area contributed by atoms with E-state index in [9.17, 15) is 9.59 Å². The topological polar surface area (TPSA) is 57.6 Å². The highest BCUT2D eigenvalue weighted by Gasteiger charge is 2.33. The molecule has 1 aliphatic heterocycles. The molecule has 4 heteroatoms. The molecule has 4 nitrogen and oxygen atoms in total. The van der Waals surface area contributed by atoms with Crippen LogP contribution in [0, 0.1) is 11.8 Å². The van der Waals surface area contributed by atoms with Crippen LogP contribution >= 0.6 is 0 Å². The average Bonchev–Trinajstić information content (AvgIpc) is 2.30. The maximum atomic E-state index is 10.5. The third kappa shape index (κ3) is 1.50. The summed E-state index contributed by atoms with van der Waals surface area (Å²) in [6.07, 6.45) is 0.708. The summed E-state index contributed by atoms with van der Waals surface area (Å²) >= 11 is 0. The number of hydrogen-bond donors (Lipinski definition) is 1. The molecule has 0 aliphatic carbocycles. The van der Waals surface area contributed by atoms with Crippen molar-refractivity contribution < 1.29 is 14.7 Å². The van der Waals surface area contributed by atoms with E-state index in [-0.39, 0.29) is 11.8 Å². The molecule has 1 rings (SSSR count). The van der Waals surface area contributed by atoms with Gasteiger partial charge in [-0.05, 0) is 5.92 Å². The number of carboxylic acids is 1. The SMILES string of the molecule is C[C@@H]1CN(C=O)C[C@H]1C(=O)O. The van der Waals surface area contributed by atoms with E-state index in [0.717, 1.165) is 0 Å². The van der Waals surface area contributed by atoms with Gasteiger partial charge in [0.05, 0.1) is 5.92 Å². The number of carbonyl (C=O) groups is 2. The first-order valence-corrected chi connectivity index (χ1v) is 3.57. The molecule has 0 unspecified atom stereocenters. The Morgan fingerprint density at radius 1 is 1.64 bits per heavy atom. The molecular formula is C7H11NO3. The molecule has 11 heavy (non-hydrogen) atoms. The van der Waals surface area contributed by atoms with Crippen molar-refractivity contribution in [3.05, 3.63) is 0 Å². The Morgan fingerprint density at radius 3 is 2.55 bits per heavy atom. The van der Waals surface area contributed by atoms with Crippen LogP contribution < -0.4 is 0 Å². The van der Waals surface area contributed by atoms with E-state index in [1.54, 1.807) is 0 Å². The molecule has 62 valence electrons. The van der Waals surface area contributed by atoms with Gasteiger partial charge in [-0.15, -0.1) is 0 Å². The van der Waals surface area contributed by atoms with Gasteiger partial charge in [-0.25, -0.2) is 0 Å². The first-order chi connectivity index (χ1) is 5.15. The highest BCUT2D eigenvalue weighted by Crippen LogP contribution is 2.21. The van der Waals surface area contributed by atoms with E-state index >= 15 is 0 Å². The van der Waals surface area contributed by atoms with Gasteiger partial charge in [0.2, 0.25) is 6.41 Å². The van der Waals surface area contributed by atoms with Gasteiger partial charge in [0.15, 0.2) is 0 Å². The van der Waals surface area contributed by atoms with Crippen molar-refractivity contribution in [2.24, 2.45) is 11.8 Å². The Balaban J connectivity index is 2.58. The predicted octanol–water partition coefficient (Wildman–Crippen LogP) is -0.205. The van der Waals surface area contributed by atoms with Crippen molar-refractivity contribution >= 4 is 12.4 Å². The van der Waals surface area contributed by atoms with Crippen molar-refractivity contribution in [3.8, 4) is 0 Å². The van der Waals surface area contributed by atoms with Gasteiger partial charge in [-0.1, -0.05) is 6.92 Å². The van der Waals surface area contributed by atoms with Crippen LogP contribution in [-0.4, -0.2) is 35.5 Å². The molecule has 0 aromatic rings. The highest BCUT2D eigenvalue weighted by atomic mass is 16.4. The zero-order valence-corrected chi connectivity index (χ0v) is 6.36. The van der Waals surface area contributed by atoms with Gasteiger partial charge in [-0.2, -0.15) is 0 Å². The minimum Gasteiger partial charge on any atom is -0.481 e. The van der Waals surface area contributed by atoms with Gasteiger partial charge in [0, 0.05) is 13.1 Å². The lowest BCUT2D eigenvalue weighted by Crippen LogP contribution is -2.22. The van der Waals surface area contributed by atoms with Crippen LogP contribution in [0.1, 0.15) is 6.92 Å². The maximum absolute atomic E-state index is 10.5. The number of carboxylic acid groups (broad SMARTS) is 1. The molecule has 0 aromatic heterocycles. The molecule has 1 heterocycles. The maximum Gasteiger partial charge on any atom is 0.308 e. The second-order valence-corrected chi connectivity index (χ2v) is 2.98. The van der Waals surface area contributed by atoms with Crippen molar-refractivity contribution in [3.63, 3.8) is 0 Å². The lowest BCUT2D eigenvalue weighted by atomic mass is 9.99. The highest BCUT2D eigenvalue weighted by molar-refractivity contribution is 5.71. The molecule has 1 saturated heterocycles. The lowest BCUT2D eigenvalue weighted by molar-refractivity contribution is -0.142. The molecule has 0 saturated carbocycles. The quantitative estimate of drug-likeness (QED) is 0.564. The van der Waals surface area contributed by atoms with Gasteiger partial charge in [0.1, 0.15) is 0 Å². The fraction of sp³-hybridized carbons (Fsp3) is 0.714. The number of hydrogen-bond acceptors (Lipinski definition) is 2. The van der Waals surface area contributed by atoms with E-state index in [1.165, 1.54) is 4.90 Å². The molecule has 0 spiro atoms. The van der Waals surface area contributed by atoms with Crippen LogP contribution in [0.25, 0.3) is 0 Å². The molecule has 0 radical (unpaired) electrons. The second kappa shape index (κ2) is 2.90. The van der Waals surface area contributed by atoms with Gasteiger partial charge in [-0.3, -0.25) is 9.59 Å². The van der Waals surface area contributed by atoms with Crippen molar-refractivity contribution in [2.75, 3.05) is 13.1 Å². The summed E-state index contributed by atoms with van der Waals surface area (Å²) in [6, 6.07) is 0. The van der Waals surface area contributed by atoms with E-state index in [2.05, 4.69) is 0 Å². The van der Waals surface area contributed by atoms with Crippen molar-refractivity contribution in [2.45, 2.75) is 6.92 Å². The Bertz CT molecular complexity index is 181. The summed E-state index contributed by atoms with van der Waals surface area (Å²) in [4.78, 5) is 22.3. The summed E-state index contributed by atoms with van der Waals surface area (Å²) < 4.78 is 0. The van der Waals surface area contributed by atoms with Gasteiger partial charge < -0.3 is 10.0 Å². The standard InChI is InChI=1S/C7H11NO3/c1-5-2-8(4-9)3-6(5)7(10)11/h4-6H,2-3H2,1H3,(H,10,11)/t5-,6-/m1/s1. The summed E-state index contributed by atoms with van der Waals surface area (Å²) in [5.41, 5.74) is 0. The first-order valence-electron chi connectivity index (χ1n) is 3.57. The zero-order chi connectivity index (χ0) is 8.43. The van der Waals surface area contributed by atoms with Crippen LogP contribution in [0.3, 0.4) is 0 Å². The number of rotatable bonds is 2. The first kappa shape index (κ1) is 8.04. The average molecular weight is 157 g/mol. The predicted molar refractivity (Wildman–Crippen MR) is 37.9 cm³/mol. The molecule has 1 aliphatic rings. The molecule has 1 amide bonds. The van der Waals surface area contributed by atoms with Crippen LogP contribution in [0.2, 0.25) is 0 Å². The van der Waals surface area contributed by atoms with E-state index < -0.39 is 5.97 Å². The largest absolute Gasteiger partial charge is 0.481 e. The number of likely N-dealkylation sites (tertiary alicyclic amines) is 1. The fourth-order valence-corrected chi connectivity index (χ4v) is 1.41. The molecule has 0 bridgehead atoms. The van der Waals surface area contributed by atoms with Crippen molar-refractivity contribution in [1.82, 2.24) is 4.90 Å². The van der Waals surface area contributed by atoms with Gasteiger partial charge >= 0.3 is 5.97 Å². The van der Waals surface area contributed by atoms with E-state index in [0.29, 0.717) is 19.5 Å². The Kier molecular flexibility index (Phi) is 2.12. The number of aliphatic carboxylic acids is 1. The lowest BCUT2D eigenvalue weighted by Gasteiger charge is -2.05. The summed E-state index contributed by atoms with van der Waals surface area (Å²) in [6.45, 7) is 2.78. The second-order valence-electron chi connectivity index (χ2n) is 2.98. The smallest absolute Gasteiger partial charge is 0.308 e. The van der Waals surface area contributed by atoms with E-state index in [1.807, 2.05) is 6.92 Å². The Morgan fingerprint density at radius 2 is 2.27 bits per heavy atom. The van der Waals surface area contributed by atoms with Crippen molar-refractivity contribution in [1.29, 1.82) is 0 Å². The summed E-state index contributed by atoms with van der Waals surface area (Å²) in [5, 5.41) is 8.65. The Hall–Kier alpha value is -1.06. The third-order valence-corrected chi connectivity index (χ3v) is 2.11. The summed E-state index contributed by atoms with van der Waals surface area (Å²) in [5.74, 6) is -1.10. The van der Waals surface area contributed by atoms with Crippen LogP contribution in [0.15, 0.2) is 0 Å².